The van der Waals surface area contributed by atoms with E-state index >= 15 is 0 Å². The number of aliphatic carboxylic acids is 1. The molecule has 0 spiro atoms. The summed E-state index contributed by atoms with van der Waals surface area (Å²) >= 11 is 1.27. The fraction of sp³-hybridized carbons (Fsp3) is 0.500. The number of hydrogen-bond donors (Lipinski definition) is 2. The molecule has 0 aromatic heterocycles. The van der Waals surface area contributed by atoms with E-state index in [2.05, 4.69) is 5.32 Å². The van der Waals surface area contributed by atoms with Crippen LogP contribution in [0.2, 0.25) is 0 Å². The highest BCUT2D eigenvalue weighted by Crippen LogP contribution is 2.26. The molecule has 0 saturated heterocycles. The first kappa shape index (κ1) is 18.5. The molecule has 6 heteroatoms. The fourth-order valence-electron chi connectivity index (χ4n) is 2.05. The highest BCUT2D eigenvalue weighted by Gasteiger charge is 2.34. The Labute approximate surface area is 134 Å². The second-order valence-electron chi connectivity index (χ2n) is 5.10. The minimum absolute atomic E-state index is 0.124. The molecule has 0 saturated carbocycles. The van der Waals surface area contributed by atoms with Gasteiger partial charge in [-0.2, -0.15) is 0 Å². The Bertz CT molecular complexity index is 518. The maximum absolute atomic E-state index is 13.4. The fourth-order valence-corrected chi connectivity index (χ4v) is 2.94. The number of benzene rings is 1. The van der Waals surface area contributed by atoms with Gasteiger partial charge in [0.15, 0.2) is 0 Å². The van der Waals surface area contributed by atoms with Gasteiger partial charge in [-0.05, 0) is 25.0 Å². The maximum Gasteiger partial charge on any atom is 0.311 e. The molecule has 0 aliphatic rings. The summed E-state index contributed by atoms with van der Waals surface area (Å²) in [4.78, 5) is 23.7. The van der Waals surface area contributed by atoms with Crippen molar-refractivity contribution in [3.05, 3.63) is 30.1 Å². The number of halogens is 1. The van der Waals surface area contributed by atoms with Crippen molar-refractivity contribution in [3.63, 3.8) is 0 Å². The van der Waals surface area contributed by atoms with Crippen molar-refractivity contribution in [3.8, 4) is 0 Å². The summed E-state index contributed by atoms with van der Waals surface area (Å²) in [5.74, 6) is -0.949. The number of hydrogen-bond acceptors (Lipinski definition) is 3. The third-order valence-electron chi connectivity index (χ3n) is 3.85. The van der Waals surface area contributed by atoms with E-state index in [9.17, 15) is 19.1 Å². The number of carboxylic acid groups (broad SMARTS) is 1. The Morgan fingerprint density at radius 2 is 1.91 bits per heavy atom. The van der Waals surface area contributed by atoms with E-state index in [1.807, 2.05) is 0 Å². The molecule has 0 atom stereocenters. The third-order valence-corrected chi connectivity index (χ3v) is 4.90. The van der Waals surface area contributed by atoms with Gasteiger partial charge in [0.25, 0.3) is 0 Å². The predicted molar refractivity (Wildman–Crippen MR) is 85.4 cm³/mol. The number of rotatable bonds is 9. The van der Waals surface area contributed by atoms with Gasteiger partial charge in [-0.15, -0.1) is 11.8 Å². The molecule has 1 amide bonds. The Balaban J connectivity index is 2.41. The van der Waals surface area contributed by atoms with Gasteiger partial charge in [-0.25, -0.2) is 4.39 Å². The molecule has 2 N–H and O–H groups in total. The van der Waals surface area contributed by atoms with Crippen molar-refractivity contribution in [2.45, 2.75) is 38.0 Å². The van der Waals surface area contributed by atoms with Crippen molar-refractivity contribution >= 4 is 23.6 Å². The lowest BCUT2D eigenvalue weighted by Crippen LogP contribution is -2.42. The van der Waals surface area contributed by atoms with Crippen LogP contribution >= 0.6 is 11.8 Å². The van der Waals surface area contributed by atoms with Crippen molar-refractivity contribution in [1.82, 2.24) is 5.32 Å². The Morgan fingerprint density at radius 3 is 2.45 bits per heavy atom. The van der Waals surface area contributed by atoms with Crippen LogP contribution in [-0.2, 0) is 9.59 Å². The van der Waals surface area contributed by atoms with Crippen molar-refractivity contribution < 1.29 is 19.1 Å². The smallest absolute Gasteiger partial charge is 0.311 e. The van der Waals surface area contributed by atoms with Crippen LogP contribution in [0.1, 0.15) is 33.1 Å². The average molecular weight is 327 g/mol. The van der Waals surface area contributed by atoms with Crippen LogP contribution in [0.15, 0.2) is 29.2 Å². The summed E-state index contributed by atoms with van der Waals surface area (Å²) < 4.78 is 13.4. The average Bonchev–Trinajstić information content (AvgIpc) is 2.50. The van der Waals surface area contributed by atoms with E-state index in [0.29, 0.717) is 23.5 Å². The number of carbonyl (C=O) groups excluding carboxylic acids is 1. The normalized spacial score (nSPS) is 11.2. The molecule has 0 fully saturated rings. The van der Waals surface area contributed by atoms with E-state index in [4.69, 9.17) is 0 Å². The molecule has 0 aliphatic carbocycles. The summed E-state index contributed by atoms with van der Waals surface area (Å²) in [7, 11) is 0. The van der Waals surface area contributed by atoms with E-state index in [1.165, 1.54) is 17.8 Å². The molecule has 0 unspecified atom stereocenters. The first-order valence-electron chi connectivity index (χ1n) is 7.32. The third kappa shape index (κ3) is 5.02. The lowest BCUT2D eigenvalue weighted by molar-refractivity contribution is -0.149. The molecular formula is C16H22FNO3S. The van der Waals surface area contributed by atoms with E-state index in [0.717, 1.165) is 0 Å². The summed E-state index contributed by atoms with van der Waals surface area (Å²) in [6.07, 6.45) is 1.15. The molecule has 1 aromatic carbocycles. The van der Waals surface area contributed by atoms with Gasteiger partial charge in [0.05, 0.1) is 5.41 Å². The number of nitrogens with one attached hydrogen (secondary N) is 1. The summed E-state index contributed by atoms with van der Waals surface area (Å²) in [5, 5.41) is 12.0. The summed E-state index contributed by atoms with van der Waals surface area (Å²) in [6.45, 7) is 3.73. The van der Waals surface area contributed by atoms with Crippen LogP contribution in [0, 0.1) is 11.2 Å². The molecule has 0 aliphatic heterocycles. The van der Waals surface area contributed by atoms with Crippen LogP contribution in [0.25, 0.3) is 0 Å². The zero-order chi connectivity index (χ0) is 16.6. The van der Waals surface area contributed by atoms with Crippen LogP contribution < -0.4 is 5.32 Å². The number of amides is 1. The van der Waals surface area contributed by atoms with Crippen LogP contribution in [0.5, 0.6) is 0 Å². The largest absolute Gasteiger partial charge is 0.481 e. The first-order chi connectivity index (χ1) is 10.4. The zero-order valence-corrected chi connectivity index (χ0v) is 13.7. The lowest BCUT2D eigenvalue weighted by Gasteiger charge is -2.26. The van der Waals surface area contributed by atoms with Gasteiger partial charge < -0.3 is 10.4 Å². The topological polar surface area (TPSA) is 66.4 Å². The molecule has 4 nitrogen and oxygen atoms in total. The maximum atomic E-state index is 13.4. The minimum atomic E-state index is -0.908. The van der Waals surface area contributed by atoms with Gasteiger partial charge in [0.2, 0.25) is 5.91 Å². The van der Waals surface area contributed by atoms with E-state index < -0.39 is 11.4 Å². The Kier molecular flexibility index (Phi) is 7.38. The van der Waals surface area contributed by atoms with Crippen LogP contribution in [0.3, 0.4) is 0 Å². The van der Waals surface area contributed by atoms with Crippen molar-refractivity contribution in [1.29, 1.82) is 0 Å². The number of thioether (sulfide) groups is 1. The van der Waals surface area contributed by atoms with Gasteiger partial charge in [-0.1, -0.05) is 26.0 Å². The molecule has 0 radical (unpaired) electrons. The monoisotopic (exact) mass is 327 g/mol. The summed E-state index contributed by atoms with van der Waals surface area (Å²) in [5.41, 5.74) is -0.908. The number of carboxylic acids is 1. The molecular weight excluding hydrogens is 305 g/mol. The predicted octanol–water partition coefficient (Wildman–Crippen LogP) is 3.32. The second kappa shape index (κ2) is 8.78. The molecule has 122 valence electrons. The van der Waals surface area contributed by atoms with Gasteiger partial charge >= 0.3 is 5.97 Å². The van der Waals surface area contributed by atoms with E-state index in [1.54, 1.807) is 32.0 Å². The molecule has 0 heterocycles. The first-order valence-corrected chi connectivity index (χ1v) is 8.31. The van der Waals surface area contributed by atoms with Gasteiger partial charge in [-0.3, -0.25) is 9.59 Å². The lowest BCUT2D eigenvalue weighted by atomic mass is 9.82. The molecule has 1 aromatic rings. The zero-order valence-electron chi connectivity index (χ0n) is 12.9. The highest BCUT2D eigenvalue weighted by molar-refractivity contribution is 7.99. The molecule has 22 heavy (non-hydrogen) atoms. The quantitative estimate of drug-likeness (QED) is 0.683. The van der Waals surface area contributed by atoms with Crippen LogP contribution in [-0.4, -0.2) is 29.3 Å². The second-order valence-corrected chi connectivity index (χ2v) is 6.23. The number of carbonyl (C=O) groups is 2. The minimum Gasteiger partial charge on any atom is -0.481 e. The Morgan fingerprint density at radius 1 is 1.27 bits per heavy atom. The highest BCUT2D eigenvalue weighted by atomic mass is 32.2. The van der Waals surface area contributed by atoms with Gasteiger partial charge in [0.1, 0.15) is 5.82 Å². The molecule has 0 bridgehead atoms. The standard InChI is InChI=1S/C16H22FNO3S/c1-3-16(4-2,15(20)21)11-18-14(19)9-10-22-13-8-6-5-7-12(13)17/h5-8H,3-4,9-11H2,1-2H3,(H,18,19)(H,20,21). The van der Waals surface area contributed by atoms with Crippen molar-refractivity contribution in [2.75, 3.05) is 12.3 Å². The SMILES string of the molecule is CCC(CC)(CNC(=O)CCSc1ccccc1F)C(=O)O. The van der Waals surface area contributed by atoms with Gasteiger partial charge in [0, 0.05) is 23.6 Å². The van der Waals surface area contributed by atoms with Crippen molar-refractivity contribution in [2.24, 2.45) is 5.41 Å². The summed E-state index contributed by atoms with van der Waals surface area (Å²) in [6, 6.07) is 6.41. The van der Waals surface area contributed by atoms with E-state index in [-0.39, 0.29) is 24.7 Å². The van der Waals surface area contributed by atoms with Crippen LogP contribution in [0.4, 0.5) is 4.39 Å². The molecule has 1 rings (SSSR count). The Hall–Kier alpha value is -1.56.